The Labute approximate surface area is 217 Å². The molecule has 1 amide bonds. The number of nitrogens with zero attached hydrogens (tertiary/aromatic N) is 1. The smallest absolute Gasteiger partial charge is 0.337 e. The summed E-state index contributed by atoms with van der Waals surface area (Å²) in [5.74, 6) is 0.176. The number of hydrogen-bond donors (Lipinski definition) is 4. The summed E-state index contributed by atoms with van der Waals surface area (Å²) < 4.78 is 10.8. The van der Waals surface area contributed by atoms with Crippen LogP contribution in [0.2, 0.25) is 0 Å². The zero-order valence-electron chi connectivity index (χ0n) is 20.4. The van der Waals surface area contributed by atoms with Gasteiger partial charge in [0, 0.05) is 30.4 Å². The standard InChI is InChI=1S/C27H32N4O4S/c1-18(25(32)30-16-19-7-6-10-21(15-19)27(33)34-2)35-26-24(29-14-13-22(28)17-36)12-11-23(31-26)20-8-4-3-5-9-20/h3-12,15,18,22,29,36H,13-14,16-17,28H2,1-2H3,(H,30,32)/t18-,22?/m1/s1. The van der Waals surface area contributed by atoms with Gasteiger partial charge in [0.05, 0.1) is 24.1 Å². The molecule has 1 unspecified atom stereocenters. The molecule has 0 saturated carbocycles. The molecule has 0 spiro atoms. The van der Waals surface area contributed by atoms with E-state index in [9.17, 15) is 9.59 Å². The van der Waals surface area contributed by atoms with Crippen molar-refractivity contribution >= 4 is 30.2 Å². The van der Waals surface area contributed by atoms with Crippen LogP contribution in [-0.2, 0) is 16.1 Å². The molecule has 4 N–H and O–H groups in total. The average Bonchev–Trinajstić information content (AvgIpc) is 2.92. The predicted molar refractivity (Wildman–Crippen MR) is 144 cm³/mol. The average molecular weight is 509 g/mol. The van der Waals surface area contributed by atoms with E-state index in [4.69, 9.17) is 15.2 Å². The summed E-state index contributed by atoms with van der Waals surface area (Å²) in [4.78, 5) is 29.2. The molecule has 3 aromatic rings. The lowest BCUT2D eigenvalue weighted by molar-refractivity contribution is -0.127. The van der Waals surface area contributed by atoms with Crippen molar-refractivity contribution in [2.45, 2.75) is 32.0 Å². The van der Waals surface area contributed by atoms with Crippen LogP contribution in [0.5, 0.6) is 5.88 Å². The van der Waals surface area contributed by atoms with E-state index in [1.165, 1.54) is 7.11 Å². The molecule has 190 valence electrons. The summed E-state index contributed by atoms with van der Waals surface area (Å²) in [6.45, 7) is 2.51. The molecule has 0 fully saturated rings. The van der Waals surface area contributed by atoms with E-state index in [-0.39, 0.29) is 18.5 Å². The molecule has 0 bridgehead atoms. The van der Waals surface area contributed by atoms with Crippen molar-refractivity contribution in [3.63, 3.8) is 0 Å². The summed E-state index contributed by atoms with van der Waals surface area (Å²) in [5, 5.41) is 6.15. The van der Waals surface area contributed by atoms with E-state index in [1.807, 2.05) is 48.5 Å². The van der Waals surface area contributed by atoms with E-state index in [1.54, 1.807) is 25.1 Å². The normalized spacial score (nSPS) is 12.3. The number of nitrogens with one attached hydrogen (secondary N) is 2. The highest BCUT2D eigenvalue weighted by Crippen LogP contribution is 2.28. The SMILES string of the molecule is COC(=O)c1cccc(CNC(=O)[C@@H](C)Oc2nc(-c3ccccc3)ccc2NCCC(N)CS)c1. The van der Waals surface area contributed by atoms with Crippen molar-refractivity contribution in [2.24, 2.45) is 5.73 Å². The van der Waals surface area contributed by atoms with Gasteiger partial charge in [0.15, 0.2) is 6.10 Å². The summed E-state index contributed by atoms with van der Waals surface area (Å²) in [5.41, 5.74) is 9.50. The van der Waals surface area contributed by atoms with Crippen molar-refractivity contribution in [2.75, 3.05) is 24.7 Å². The lowest BCUT2D eigenvalue weighted by atomic mass is 10.1. The molecule has 3 rings (SSSR count). The lowest BCUT2D eigenvalue weighted by Crippen LogP contribution is -2.36. The summed E-state index contributed by atoms with van der Waals surface area (Å²) in [6, 6.07) is 20.4. The van der Waals surface area contributed by atoms with Crippen molar-refractivity contribution < 1.29 is 19.1 Å². The van der Waals surface area contributed by atoms with Crippen molar-refractivity contribution in [1.29, 1.82) is 0 Å². The maximum atomic E-state index is 12.8. The van der Waals surface area contributed by atoms with E-state index in [2.05, 4.69) is 28.2 Å². The number of benzene rings is 2. The maximum absolute atomic E-state index is 12.8. The third-order valence-electron chi connectivity index (χ3n) is 5.47. The predicted octanol–water partition coefficient (Wildman–Crippen LogP) is 3.68. The first kappa shape index (κ1) is 27.0. The molecule has 0 aliphatic carbocycles. The Bertz CT molecular complexity index is 1160. The molecule has 2 atom stereocenters. The maximum Gasteiger partial charge on any atom is 0.337 e. The third kappa shape index (κ3) is 7.73. The Morgan fingerprint density at radius 1 is 1.08 bits per heavy atom. The largest absolute Gasteiger partial charge is 0.465 e. The number of rotatable bonds is 12. The number of hydrogen-bond acceptors (Lipinski definition) is 8. The lowest BCUT2D eigenvalue weighted by Gasteiger charge is -2.19. The first-order valence-corrected chi connectivity index (χ1v) is 12.3. The third-order valence-corrected chi connectivity index (χ3v) is 5.94. The summed E-state index contributed by atoms with van der Waals surface area (Å²) in [7, 11) is 1.33. The van der Waals surface area contributed by atoms with Crippen molar-refractivity contribution in [1.82, 2.24) is 10.3 Å². The van der Waals surface area contributed by atoms with Gasteiger partial charge in [-0.05, 0) is 43.2 Å². The van der Waals surface area contributed by atoms with Gasteiger partial charge in [-0.3, -0.25) is 4.79 Å². The first-order chi connectivity index (χ1) is 17.4. The monoisotopic (exact) mass is 508 g/mol. The summed E-state index contributed by atoms with van der Waals surface area (Å²) in [6.07, 6.45) is -0.0862. The molecule has 0 aliphatic heterocycles. The highest BCUT2D eigenvalue weighted by molar-refractivity contribution is 7.80. The zero-order valence-corrected chi connectivity index (χ0v) is 21.3. The molecule has 2 aromatic carbocycles. The van der Waals surface area contributed by atoms with Gasteiger partial charge in [0.1, 0.15) is 0 Å². The minimum absolute atomic E-state index is 0.0239. The van der Waals surface area contributed by atoms with E-state index >= 15 is 0 Å². The quantitative estimate of drug-likeness (QED) is 0.218. The van der Waals surface area contributed by atoms with Crippen LogP contribution < -0.4 is 21.1 Å². The van der Waals surface area contributed by atoms with E-state index < -0.39 is 12.1 Å². The fourth-order valence-corrected chi connectivity index (χ4v) is 3.58. The molecular weight excluding hydrogens is 476 g/mol. The van der Waals surface area contributed by atoms with Crippen LogP contribution in [0.1, 0.15) is 29.3 Å². The molecular formula is C27H32N4O4S. The molecule has 0 aliphatic rings. The van der Waals surface area contributed by atoms with Crippen LogP contribution in [-0.4, -0.2) is 48.4 Å². The highest BCUT2D eigenvalue weighted by Gasteiger charge is 2.19. The summed E-state index contributed by atoms with van der Waals surface area (Å²) >= 11 is 4.23. The number of pyridine rings is 1. The number of esters is 1. The molecule has 0 saturated heterocycles. The Morgan fingerprint density at radius 3 is 2.58 bits per heavy atom. The number of carbonyl (C=O) groups is 2. The van der Waals surface area contributed by atoms with Gasteiger partial charge in [-0.15, -0.1) is 0 Å². The zero-order chi connectivity index (χ0) is 25.9. The second-order valence-electron chi connectivity index (χ2n) is 8.24. The molecule has 36 heavy (non-hydrogen) atoms. The number of ether oxygens (including phenoxy) is 2. The van der Waals surface area contributed by atoms with Crippen LogP contribution in [0.15, 0.2) is 66.7 Å². The molecule has 0 radical (unpaired) electrons. The van der Waals surface area contributed by atoms with Gasteiger partial charge >= 0.3 is 5.97 Å². The second-order valence-corrected chi connectivity index (χ2v) is 8.61. The topological polar surface area (TPSA) is 116 Å². The van der Waals surface area contributed by atoms with E-state index in [0.29, 0.717) is 29.4 Å². The molecule has 1 aromatic heterocycles. The number of thiol groups is 1. The fourth-order valence-electron chi connectivity index (χ4n) is 3.40. The van der Waals surface area contributed by atoms with Gasteiger partial charge in [0.2, 0.25) is 5.88 Å². The highest BCUT2D eigenvalue weighted by atomic mass is 32.1. The van der Waals surface area contributed by atoms with Crippen molar-refractivity contribution in [3.05, 3.63) is 77.9 Å². The van der Waals surface area contributed by atoms with Gasteiger partial charge in [0.25, 0.3) is 5.91 Å². The Hall–Kier alpha value is -3.56. The van der Waals surface area contributed by atoms with Crippen LogP contribution in [0.25, 0.3) is 11.3 Å². The van der Waals surface area contributed by atoms with Crippen LogP contribution in [0, 0.1) is 0 Å². The number of methoxy groups -OCH3 is 1. The van der Waals surface area contributed by atoms with Crippen LogP contribution >= 0.6 is 12.6 Å². The Kier molecular flexibility index (Phi) is 10.1. The van der Waals surface area contributed by atoms with Crippen LogP contribution in [0.3, 0.4) is 0 Å². The number of amides is 1. The molecule has 1 heterocycles. The van der Waals surface area contributed by atoms with Crippen molar-refractivity contribution in [3.8, 4) is 17.1 Å². The second kappa shape index (κ2) is 13.5. The number of aromatic nitrogens is 1. The minimum Gasteiger partial charge on any atom is -0.465 e. The van der Waals surface area contributed by atoms with Gasteiger partial charge in [-0.2, -0.15) is 12.6 Å². The Balaban J connectivity index is 1.71. The van der Waals surface area contributed by atoms with Gasteiger partial charge in [-0.1, -0.05) is 42.5 Å². The number of nitrogens with two attached hydrogens (primary N) is 1. The first-order valence-electron chi connectivity index (χ1n) is 11.7. The molecule has 9 heteroatoms. The fraction of sp³-hybridized carbons (Fsp3) is 0.296. The van der Waals surface area contributed by atoms with E-state index in [0.717, 1.165) is 23.2 Å². The van der Waals surface area contributed by atoms with Gasteiger partial charge < -0.3 is 25.8 Å². The Morgan fingerprint density at radius 2 is 1.86 bits per heavy atom. The minimum atomic E-state index is -0.812. The number of anilines is 1. The number of carbonyl (C=O) groups excluding carboxylic acids is 2. The molecule has 8 nitrogen and oxygen atoms in total. The van der Waals surface area contributed by atoms with Gasteiger partial charge in [-0.25, -0.2) is 9.78 Å². The van der Waals surface area contributed by atoms with Crippen LogP contribution in [0.4, 0.5) is 5.69 Å².